The fraction of sp³-hybridized carbons (Fsp3) is 0.280. The first-order valence-corrected chi connectivity index (χ1v) is 10.0. The largest absolute Gasteiger partial charge is 0.384 e. The molecule has 0 unspecified atom stereocenters. The molecule has 4 atom stereocenters. The van der Waals surface area contributed by atoms with Gasteiger partial charge in [0, 0.05) is 23.5 Å². The Labute approximate surface area is 166 Å². The molecule has 0 saturated carbocycles. The van der Waals surface area contributed by atoms with Crippen molar-refractivity contribution < 1.29 is 14.8 Å². The first-order chi connectivity index (χ1) is 13.6. The van der Waals surface area contributed by atoms with E-state index in [1.54, 1.807) is 12.1 Å². The minimum atomic E-state index is -1.02. The summed E-state index contributed by atoms with van der Waals surface area (Å²) in [6.45, 7) is 2.13. The highest BCUT2D eigenvalue weighted by molar-refractivity contribution is 5.29. The second kappa shape index (κ2) is 7.86. The zero-order valence-corrected chi connectivity index (χ0v) is 16.1. The van der Waals surface area contributed by atoms with E-state index in [-0.39, 0.29) is 23.8 Å². The van der Waals surface area contributed by atoms with E-state index in [0.29, 0.717) is 6.42 Å². The molecule has 1 fully saturated rings. The van der Waals surface area contributed by atoms with Crippen LogP contribution in [0, 0.1) is 11.7 Å². The van der Waals surface area contributed by atoms with Gasteiger partial charge in [0.05, 0.1) is 0 Å². The highest BCUT2D eigenvalue weighted by Gasteiger charge is 2.51. The summed E-state index contributed by atoms with van der Waals surface area (Å²) in [6, 6.07) is 27.4. The average molecular weight is 376 g/mol. The summed E-state index contributed by atoms with van der Waals surface area (Å²) in [5, 5.41) is 14.4. The lowest BCUT2D eigenvalue weighted by atomic mass is 9.67. The Morgan fingerprint density at radius 1 is 0.893 bits per heavy atom. The van der Waals surface area contributed by atoms with Gasteiger partial charge in [-0.3, -0.25) is 0 Å². The van der Waals surface area contributed by atoms with Crippen molar-refractivity contribution in [3.63, 3.8) is 0 Å². The standard InChI is InChI=1S/C25H26FNO/c1-2-22-24(19-11-7-4-8-12-19)27-23(18-9-5-3-6-10-18)17-25(22,28)20-13-15-21(26)16-14-20/h3-16,22-24,27-28H,2,17H2,1H3/p+1/t22-,23+,24+,25+/m1/s1. The van der Waals surface area contributed by atoms with Crippen LogP contribution in [-0.4, -0.2) is 5.11 Å². The molecule has 3 heteroatoms. The fourth-order valence-corrected chi connectivity index (χ4v) is 4.85. The van der Waals surface area contributed by atoms with Crippen LogP contribution in [0.25, 0.3) is 0 Å². The number of hydrogen-bond donors (Lipinski definition) is 2. The van der Waals surface area contributed by atoms with Crippen molar-refractivity contribution in [2.45, 2.75) is 37.5 Å². The maximum absolute atomic E-state index is 13.6. The molecule has 0 aromatic heterocycles. The predicted molar refractivity (Wildman–Crippen MR) is 109 cm³/mol. The molecule has 1 aliphatic heterocycles. The molecule has 1 heterocycles. The third-order valence-corrected chi connectivity index (χ3v) is 6.21. The third-order valence-electron chi connectivity index (χ3n) is 6.21. The highest BCUT2D eigenvalue weighted by Crippen LogP contribution is 2.46. The van der Waals surface area contributed by atoms with Crippen molar-refractivity contribution in [1.82, 2.24) is 0 Å². The molecule has 1 saturated heterocycles. The van der Waals surface area contributed by atoms with Crippen molar-refractivity contribution in [3.05, 3.63) is 107 Å². The molecule has 3 aromatic carbocycles. The minimum absolute atomic E-state index is 0.0281. The molecule has 0 radical (unpaired) electrons. The van der Waals surface area contributed by atoms with Gasteiger partial charge in [0.15, 0.2) is 0 Å². The number of benzene rings is 3. The van der Waals surface area contributed by atoms with Gasteiger partial charge in [-0.05, 0) is 24.1 Å². The van der Waals surface area contributed by atoms with E-state index in [0.717, 1.165) is 12.0 Å². The Hall–Kier alpha value is -2.49. The van der Waals surface area contributed by atoms with E-state index in [4.69, 9.17) is 0 Å². The lowest BCUT2D eigenvalue weighted by Gasteiger charge is -2.46. The number of piperidine rings is 1. The van der Waals surface area contributed by atoms with Crippen LogP contribution >= 0.6 is 0 Å². The van der Waals surface area contributed by atoms with Crippen LogP contribution in [0.4, 0.5) is 4.39 Å². The van der Waals surface area contributed by atoms with Crippen molar-refractivity contribution in [2.75, 3.05) is 0 Å². The van der Waals surface area contributed by atoms with Crippen LogP contribution < -0.4 is 5.32 Å². The van der Waals surface area contributed by atoms with Crippen molar-refractivity contribution >= 4 is 0 Å². The molecule has 0 bridgehead atoms. The second-order valence-electron chi connectivity index (χ2n) is 7.80. The van der Waals surface area contributed by atoms with E-state index >= 15 is 0 Å². The monoisotopic (exact) mass is 376 g/mol. The van der Waals surface area contributed by atoms with Gasteiger partial charge in [-0.1, -0.05) is 79.7 Å². The van der Waals surface area contributed by atoms with Crippen LogP contribution in [0.3, 0.4) is 0 Å². The Kier molecular flexibility index (Phi) is 5.29. The van der Waals surface area contributed by atoms with Gasteiger partial charge in [0.1, 0.15) is 23.5 Å². The first kappa shape index (κ1) is 18.9. The fourth-order valence-electron chi connectivity index (χ4n) is 4.85. The molecule has 0 aliphatic carbocycles. The van der Waals surface area contributed by atoms with Crippen LogP contribution in [-0.2, 0) is 5.60 Å². The molecule has 4 rings (SSSR count). The number of aliphatic hydroxyl groups is 1. The summed E-state index contributed by atoms with van der Waals surface area (Å²) in [5.41, 5.74) is 2.21. The van der Waals surface area contributed by atoms with Crippen molar-refractivity contribution in [2.24, 2.45) is 5.92 Å². The van der Waals surface area contributed by atoms with E-state index in [2.05, 4.69) is 48.6 Å². The van der Waals surface area contributed by atoms with Gasteiger partial charge in [0.2, 0.25) is 0 Å². The molecule has 3 aromatic rings. The van der Waals surface area contributed by atoms with Gasteiger partial charge in [-0.25, -0.2) is 4.39 Å². The van der Waals surface area contributed by atoms with Crippen LogP contribution in [0.1, 0.15) is 48.5 Å². The summed E-state index contributed by atoms with van der Waals surface area (Å²) in [7, 11) is 0. The Bertz CT molecular complexity index is 897. The SMILES string of the molecule is CC[C@@H]1[C@H](c2ccccc2)[NH2+][C@H](c2ccccc2)C[C@]1(O)c1ccc(F)cc1. The lowest BCUT2D eigenvalue weighted by Crippen LogP contribution is -2.91. The smallest absolute Gasteiger partial charge is 0.123 e. The normalized spacial score (nSPS) is 27.5. The summed E-state index contributed by atoms with van der Waals surface area (Å²) in [6.07, 6.45) is 1.44. The van der Waals surface area contributed by atoms with E-state index in [1.165, 1.54) is 23.3 Å². The molecule has 0 spiro atoms. The molecule has 28 heavy (non-hydrogen) atoms. The maximum Gasteiger partial charge on any atom is 0.123 e. The number of quaternary nitrogens is 1. The predicted octanol–water partition coefficient (Wildman–Crippen LogP) is 4.49. The molecular weight excluding hydrogens is 349 g/mol. The molecule has 0 amide bonds. The number of hydrogen-bond acceptors (Lipinski definition) is 1. The lowest BCUT2D eigenvalue weighted by molar-refractivity contribution is -0.758. The van der Waals surface area contributed by atoms with Gasteiger partial charge in [-0.15, -0.1) is 0 Å². The summed E-state index contributed by atoms with van der Waals surface area (Å²) < 4.78 is 13.6. The van der Waals surface area contributed by atoms with Crippen molar-refractivity contribution in [3.8, 4) is 0 Å². The average Bonchev–Trinajstić information content (AvgIpc) is 2.75. The molecule has 3 N–H and O–H groups in total. The summed E-state index contributed by atoms with van der Waals surface area (Å²) in [5.74, 6) is -0.248. The highest BCUT2D eigenvalue weighted by atomic mass is 19.1. The number of halogens is 1. The Morgan fingerprint density at radius 2 is 1.46 bits per heavy atom. The zero-order chi connectivity index (χ0) is 19.6. The zero-order valence-electron chi connectivity index (χ0n) is 16.1. The Balaban J connectivity index is 1.81. The Morgan fingerprint density at radius 3 is 2.04 bits per heavy atom. The second-order valence-corrected chi connectivity index (χ2v) is 7.80. The summed E-state index contributed by atoms with van der Waals surface area (Å²) >= 11 is 0. The van der Waals surface area contributed by atoms with E-state index in [9.17, 15) is 9.50 Å². The van der Waals surface area contributed by atoms with E-state index in [1.807, 2.05) is 24.3 Å². The van der Waals surface area contributed by atoms with Gasteiger partial charge >= 0.3 is 0 Å². The van der Waals surface area contributed by atoms with E-state index < -0.39 is 5.60 Å². The molecular formula is C25H27FNO+. The maximum atomic E-state index is 13.6. The number of nitrogens with two attached hydrogens (primary N) is 1. The third kappa shape index (κ3) is 3.48. The van der Waals surface area contributed by atoms with Crippen molar-refractivity contribution in [1.29, 1.82) is 0 Å². The first-order valence-electron chi connectivity index (χ1n) is 10.0. The molecule has 2 nitrogen and oxygen atoms in total. The van der Waals surface area contributed by atoms with Gasteiger partial charge < -0.3 is 10.4 Å². The minimum Gasteiger partial charge on any atom is -0.384 e. The topological polar surface area (TPSA) is 36.8 Å². The molecule has 144 valence electrons. The van der Waals surface area contributed by atoms with Crippen LogP contribution in [0.2, 0.25) is 0 Å². The van der Waals surface area contributed by atoms with Gasteiger partial charge in [-0.2, -0.15) is 0 Å². The van der Waals surface area contributed by atoms with Crippen LogP contribution in [0.5, 0.6) is 0 Å². The van der Waals surface area contributed by atoms with Gasteiger partial charge in [0.25, 0.3) is 0 Å². The molecule has 1 aliphatic rings. The summed E-state index contributed by atoms with van der Waals surface area (Å²) in [4.78, 5) is 0. The number of rotatable bonds is 4. The quantitative estimate of drug-likeness (QED) is 0.692. The van der Waals surface area contributed by atoms with Crippen LogP contribution in [0.15, 0.2) is 84.9 Å².